The molecule has 114 valence electrons. The largest absolute Gasteiger partial charge is 0.269 e. The van der Waals surface area contributed by atoms with Crippen molar-refractivity contribution in [2.45, 2.75) is 6.92 Å². The number of hydrogen-bond donors (Lipinski definition) is 0. The summed E-state index contributed by atoms with van der Waals surface area (Å²) >= 11 is 1.43. The first kappa shape index (κ1) is 15.1. The number of anilines is 2. The second-order valence-electron chi connectivity index (χ2n) is 4.74. The van der Waals surface area contributed by atoms with Crippen LogP contribution >= 0.6 is 11.3 Å². The fourth-order valence-electron chi connectivity index (χ4n) is 1.98. The third kappa shape index (κ3) is 3.67. The Bertz CT molecular complexity index is 815. The van der Waals surface area contributed by atoms with Gasteiger partial charge in [-0.2, -0.15) is 0 Å². The number of amides is 1. The molecule has 0 fully saturated rings. The highest BCUT2D eigenvalue weighted by Crippen LogP contribution is 2.28. The fourth-order valence-corrected chi connectivity index (χ4v) is 2.81. The van der Waals surface area contributed by atoms with Crippen LogP contribution in [0.25, 0.3) is 6.08 Å². The van der Waals surface area contributed by atoms with Crippen molar-refractivity contribution in [1.82, 2.24) is 15.0 Å². The number of thiazole rings is 1. The molecule has 0 spiro atoms. The normalized spacial score (nSPS) is 10.8. The van der Waals surface area contributed by atoms with Crippen LogP contribution in [-0.4, -0.2) is 20.9 Å². The molecule has 0 bridgehead atoms. The molecule has 5 nitrogen and oxygen atoms in total. The first-order valence-corrected chi connectivity index (χ1v) is 7.87. The maximum absolute atomic E-state index is 12.7. The van der Waals surface area contributed by atoms with E-state index in [0.29, 0.717) is 10.8 Å². The molecule has 0 unspecified atom stereocenters. The minimum atomic E-state index is -0.184. The van der Waals surface area contributed by atoms with Gasteiger partial charge in [-0.3, -0.25) is 19.7 Å². The zero-order valence-electron chi connectivity index (χ0n) is 12.5. The van der Waals surface area contributed by atoms with Gasteiger partial charge in [0.1, 0.15) is 0 Å². The standard InChI is InChI=1S/C17H14N4OS/c1-13-12-23-17(20-13)21(15-5-3-2-4-6-15)16(22)8-7-14-11-18-9-10-19-14/h2-12H,1H3/b8-7+. The van der Waals surface area contributed by atoms with Crippen molar-refractivity contribution in [3.63, 3.8) is 0 Å². The number of carbonyl (C=O) groups excluding carboxylic acids is 1. The number of aryl methyl sites for hydroxylation is 1. The highest BCUT2D eigenvalue weighted by atomic mass is 32.1. The van der Waals surface area contributed by atoms with Gasteiger partial charge in [-0.25, -0.2) is 4.98 Å². The van der Waals surface area contributed by atoms with Crippen molar-refractivity contribution >= 4 is 34.1 Å². The molecule has 2 heterocycles. The maximum Gasteiger partial charge on any atom is 0.257 e. The average Bonchev–Trinajstić information content (AvgIpc) is 3.01. The van der Waals surface area contributed by atoms with Crippen LogP contribution < -0.4 is 4.90 Å². The molecular formula is C17H14N4OS. The van der Waals surface area contributed by atoms with Crippen molar-refractivity contribution in [2.24, 2.45) is 0 Å². The van der Waals surface area contributed by atoms with Crippen molar-refractivity contribution < 1.29 is 4.79 Å². The molecule has 0 N–H and O–H groups in total. The van der Waals surface area contributed by atoms with Gasteiger partial charge < -0.3 is 0 Å². The zero-order chi connectivity index (χ0) is 16.1. The van der Waals surface area contributed by atoms with Gasteiger partial charge >= 0.3 is 0 Å². The molecule has 0 atom stereocenters. The van der Waals surface area contributed by atoms with Gasteiger partial charge in [0.25, 0.3) is 5.91 Å². The summed E-state index contributed by atoms with van der Waals surface area (Å²) in [5.41, 5.74) is 2.29. The molecule has 0 saturated carbocycles. The van der Waals surface area contributed by atoms with E-state index in [2.05, 4.69) is 15.0 Å². The van der Waals surface area contributed by atoms with Crippen LogP contribution in [0.1, 0.15) is 11.4 Å². The molecule has 23 heavy (non-hydrogen) atoms. The first-order chi connectivity index (χ1) is 11.2. The van der Waals surface area contributed by atoms with E-state index in [9.17, 15) is 4.79 Å². The molecule has 1 aromatic carbocycles. The van der Waals surface area contributed by atoms with E-state index in [1.807, 2.05) is 42.6 Å². The van der Waals surface area contributed by atoms with Crippen molar-refractivity contribution in [3.8, 4) is 0 Å². The molecule has 0 aliphatic heterocycles. The monoisotopic (exact) mass is 322 g/mol. The Kier molecular flexibility index (Phi) is 4.54. The summed E-state index contributed by atoms with van der Waals surface area (Å²) in [5, 5.41) is 2.56. The summed E-state index contributed by atoms with van der Waals surface area (Å²) in [6, 6.07) is 9.45. The Labute approximate surface area is 138 Å². The summed E-state index contributed by atoms with van der Waals surface area (Å²) in [5.74, 6) is -0.184. The summed E-state index contributed by atoms with van der Waals surface area (Å²) < 4.78 is 0. The Morgan fingerprint density at radius 1 is 1.22 bits per heavy atom. The van der Waals surface area contributed by atoms with Crippen LogP contribution in [0.3, 0.4) is 0 Å². The molecule has 0 radical (unpaired) electrons. The van der Waals surface area contributed by atoms with Crippen LogP contribution in [0.2, 0.25) is 0 Å². The SMILES string of the molecule is Cc1csc(N(C(=O)/C=C/c2cnccn2)c2ccccc2)n1. The second kappa shape index (κ2) is 6.93. The first-order valence-electron chi connectivity index (χ1n) is 6.99. The van der Waals surface area contributed by atoms with Crippen molar-refractivity contribution in [2.75, 3.05) is 4.90 Å². The Hall–Kier alpha value is -2.86. The summed E-state index contributed by atoms with van der Waals surface area (Å²) in [6.07, 6.45) is 7.90. The molecule has 3 aromatic rings. The number of aromatic nitrogens is 3. The molecule has 1 amide bonds. The van der Waals surface area contributed by atoms with E-state index in [1.54, 1.807) is 29.6 Å². The van der Waals surface area contributed by atoms with E-state index in [-0.39, 0.29) is 5.91 Å². The van der Waals surface area contributed by atoms with Gasteiger partial charge in [-0.1, -0.05) is 18.2 Å². The van der Waals surface area contributed by atoms with Gasteiger partial charge in [0.15, 0.2) is 5.13 Å². The number of benzene rings is 1. The fraction of sp³-hybridized carbons (Fsp3) is 0.0588. The minimum absolute atomic E-state index is 0.184. The molecular weight excluding hydrogens is 308 g/mol. The number of nitrogens with zero attached hydrogens (tertiary/aromatic N) is 4. The summed E-state index contributed by atoms with van der Waals surface area (Å²) in [7, 11) is 0. The highest BCUT2D eigenvalue weighted by Gasteiger charge is 2.18. The zero-order valence-corrected chi connectivity index (χ0v) is 13.3. The van der Waals surface area contributed by atoms with Gasteiger partial charge in [0.05, 0.1) is 23.3 Å². The number of carbonyl (C=O) groups is 1. The third-order valence-corrected chi connectivity index (χ3v) is 3.96. The smallest absolute Gasteiger partial charge is 0.257 e. The molecule has 3 rings (SSSR count). The lowest BCUT2D eigenvalue weighted by atomic mass is 10.3. The van der Waals surface area contributed by atoms with E-state index in [1.165, 1.54) is 17.4 Å². The maximum atomic E-state index is 12.7. The number of hydrogen-bond acceptors (Lipinski definition) is 5. The van der Waals surface area contributed by atoms with Crippen molar-refractivity contribution in [1.29, 1.82) is 0 Å². The topological polar surface area (TPSA) is 59.0 Å². The lowest BCUT2D eigenvalue weighted by molar-refractivity contribution is -0.113. The van der Waals surface area contributed by atoms with Crippen LogP contribution in [0.4, 0.5) is 10.8 Å². The van der Waals surface area contributed by atoms with Crippen LogP contribution in [0.5, 0.6) is 0 Å². The van der Waals surface area contributed by atoms with Gasteiger partial charge in [-0.15, -0.1) is 11.3 Å². The molecule has 2 aromatic heterocycles. The van der Waals surface area contributed by atoms with Gasteiger partial charge in [0, 0.05) is 23.8 Å². The molecule has 0 aliphatic carbocycles. The van der Waals surface area contributed by atoms with Crippen LogP contribution in [-0.2, 0) is 4.79 Å². The highest BCUT2D eigenvalue weighted by molar-refractivity contribution is 7.14. The number of para-hydroxylation sites is 1. The summed E-state index contributed by atoms with van der Waals surface area (Å²) in [6.45, 7) is 1.91. The van der Waals surface area contributed by atoms with Gasteiger partial charge in [0.2, 0.25) is 0 Å². The Morgan fingerprint density at radius 3 is 2.70 bits per heavy atom. The van der Waals surface area contributed by atoms with E-state index < -0.39 is 0 Å². The lowest BCUT2D eigenvalue weighted by Gasteiger charge is -2.18. The Balaban J connectivity index is 1.92. The predicted molar refractivity (Wildman–Crippen MR) is 91.5 cm³/mol. The van der Waals surface area contributed by atoms with Crippen LogP contribution in [0.15, 0.2) is 60.4 Å². The average molecular weight is 322 g/mol. The quantitative estimate of drug-likeness (QED) is 0.688. The summed E-state index contributed by atoms with van der Waals surface area (Å²) in [4.78, 5) is 26.8. The Morgan fingerprint density at radius 2 is 2.04 bits per heavy atom. The lowest BCUT2D eigenvalue weighted by Crippen LogP contribution is -2.23. The van der Waals surface area contributed by atoms with E-state index in [0.717, 1.165) is 11.4 Å². The molecule has 0 aliphatic rings. The minimum Gasteiger partial charge on any atom is -0.269 e. The van der Waals surface area contributed by atoms with Crippen molar-refractivity contribution in [3.05, 3.63) is 71.8 Å². The predicted octanol–water partition coefficient (Wildman–Crippen LogP) is 3.62. The van der Waals surface area contributed by atoms with Crippen LogP contribution in [0, 0.1) is 6.92 Å². The van der Waals surface area contributed by atoms with E-state index in [4.69, 9.17) is 0 Å². The van der Waals surface area contributed by atoms with Gasteiger partial charge in [-0.05, 0) is 25.1 Å². The van der Waals surface area contributed by atoms with E-state index >= 15 is 0 Å². The molecule has 6 heteroatoms. The molecule has 0 saturated heterocycles. The second-order valence-corrected chi connectivity index (χ2v) is 5.58. The number of rotatable bonds is 4. The third-order valence-electron chi connectivity index (χ3n) is 3.01.